The first-order chi connectivity index (χ1) is 15.8. The molecule has 12 heteroatoms. The van der Waals surface area contributed by atoms with Gasteiger partial charge >= 0.3 is 6.18 Å². The minimum Gasteiger partial charge on any atom is -0.339 e. The minimum absolute atomic E-state index is 0.452. The number of hydrogen-bond acceptors (Lipinski definition) is 4. The van der Waals surface area contributed by atoms with Gasteiger partial charge in [-0.2, -0.15) is 17.9 Å². The fraction of sp³-hybridized carbons (Fsp3) is 0.364. The van der Waals surface area contributed by atoms with Crippen LogP contribution in [0.5, 0.6) is 0 Å². The Morgan fingerprint density at radius 3 is 2.65 bits per heavy atom. The number of benzene rings is 2. The first kappa shape index (κ1) is 26.1. The van der Waals surface area contributed by atoms with Crippen LogP contribution in [0.25, 0.3) is 0 Å². The van der Waals surface area contributed by atoms with E-state index in [2.05, 4.69) is 0 Å². The molecule has 3 rings (SSSR count). The van der Waals surface area contributed by atoms with Crippen molar-refractivity contribution >= 4 is 33.8 Å². The van der Waals surface area contributed by atoms with Gasteiger partial charge in [-0.15, -0.1) is 0 Å². The molecule has 2 atom stereocenters. The smallest absolute Gasteiger partial charge is 0.339 e. The Morgan fingerprint density at radius 2 is 2.00 bits per heavy atom. The molecule has 2 aromatic carbocycles. The van der Waals surface area contributed by atoms with Crippen molar-refractivity contribution in [3.05, 3.63) is 63.9 Å². The highest BCUT2D eigenvalue weighted by atomic mass is 35.5. The topological polar surface area (TPSA) is 83.6 Å². The first-order valence-electron chi connectivity index (χ1n) is 10.2. The van der Waals surface area contributed by atoms with Crippen LogP contribution in [0.2, 0.25) is 5.02 Å². The second-order valence-corrected chi connectivity index (χ2v) is 10.0. The second kappa shape index (κ2) is 10.0. The molecule has 0 radical (unpaired) electrons. The largest absolute Gasteiger partial charge is 0.405 e. The lowest BCUT2D eigenvalue weighted by atomic mass is 9.86. The van der Waals surface area contributed by atoms with Crippen molar-refractivity contribution in [1.29, 1.82) is 0 Å². The lowest BCUT2D eigenvalue weighted by Crippen LogP contribution is -2.48. The molecule has 1 N–H and O–H groups in total. The summed E-state index contributed by atoms with van der Waals surface area (Å²) in [5, 5.41) is -0.573. The first-order valence-corrected chi connectivity index (χ1v) is 12.1. The Morgan fingerprint density at radius 1 is 1.29 bits per heavy atom. The lowest BCUT2D eigenvalue weighted by molar-refractivity contribution is -0.161. The van der Waals surface area contributed by atoms with Crippen molar-refractivity contribution in [2.24, 2.45) is 0 Å². The zero-order valence-corrected chi connectivity index (χ0v) is 19.5. The Hall–Kier alpha value is -2.50. The number of aldehydes is 1. The maximum atomic E-state index is 14.1. The number of aryl methyl sites for hydroxylation is 1. The molecule has 2 unspecified atom stereocenters. The second-order valence-electron chi connectivity index (χ2n) is 7.96. The van der Waals surface area contributed by atoms with Gasteiger partial charge in [-0.3, -0.25) is 9.59 Å². The molecule has 0 saturated heterocycles. The molecule has 184 valence electrons. The van der Waals surface area contributed by atoms with Crippen LogP contribution in [0.4, 0.5) is 17.6 Å². The highest BCUT2D eigenvalue weighted by Crippen LogP contribution is 2.35. The van der Waals surface area contributed by atoms with Crippen molar-refractivity contribution < 1.29 is 35.6 Å². The van der Waals surface area contributed by atoms with Gasteiger partial charge < -0.3 is 4.90 Å². The van der Waals surface area contributed by atoms with Gasteiger partial charge in [0.1, 0.15) is 17.2 Å². The van der Waals surface area contributed by atoms with Crippen LogP contribution in [0.3, 0.4) is 0 Å². The van der Waals surface area contributed by atoms with Crippen LogP contribution in [0.1, 0.15) is 46.8 Å². The van der Waals surface area contributed by atoms with Gasteiger partial charge in [-0.05, 0) is 48.6 Å². The number of nitrogens with zero attached hydrogens (tertiary/aromatic N) is 1. The summed E-state index contributed by atoms with van der Waals surface area (Å²) in [7, 11) is -3.64. The van der Waals surface area contributed by atoms with Crippen molar-refractivity contribution in [3.63, 3.8) is 0 Å². The van der Waals surface area contributed by atoms with Crippen LogP contribution in [-0.2, 0) is 21.2 Å². The summed E-state index contributed by atoms with van der Waals surface area (Å²) in [5.74, 6) is -2.34. The zero-order chi connectivity index (χ0) is 25.3. The molecule has 0 saturated carbocycles. The highest BCUT2D eigenvalue weighted by Gasteiger charge is 2.45. The molecule has 1 aliphatic carbocycles. The van der Waals surface area contributed by atoms with E-state index in [-0.39, 0.29) is 0 Å². The number of nitrogens with one attached hydrogen (secondary N) is 1. The maximum absolute atomic E-state index is 14.1. The summed E-state index contributed by atoms with van der Waals surface area (Å²) < 4.78 is 81.5. The Balaban J connectivity index is 1.83. The van der Waals surface area contributed by atoms with Crippen LogP contribution < -0.4 is 4.72 Å². The Labute approximate surface area is 198 Å². The molecule has 0 spiro atoms. The molecule has 6 nitrogen and oxygen atoms in total. The van der Waals surface area contributed by atoms with E-state index < -0.39 is 56.3 Å². The van der Waals surface area contributed by atoms with E-state index in [0.29, 0.717) is 31.1 Å². The van der Waals surface area contributed by atoms with E-state index >= 15 is 0 Å². The number of rotatable bonds is 7. The van der Waals surface area contributed by atoms with Gasteiger partial charge in [0.25, 0.3) is 0 Å². The molecule has 0 heterocycles. The number of fused-ring (bicyclic) bond motifs is 1. The van der Waals surface area contributed by atoms with Crippen molar-refractivity contribution in [2.45, 2.75) is 48.8 Å². The van der Waals surface area contributed by atoms with Gasteiger partial charge in [-0.1, -0.05) is 29.8 Å². The monoisotopic (exact) mass is 520 g/mol. The molecule has 1 amide bonds. The quantitative estimate of drug-likeness (QED) is 0.432. The van der Waals surface area contributed by atoms with Crippen LogP contribution >= 0.6 is 11.6 Å². The molecule has 0 fully saturated rings. The summed E-state index contributed by atoms with van der Waals surface area (Å²) in [6, 6.07) is 4.50. The van der Waals surface area contributed by atoms with Crippen molar-refractivity contribution in [3.8, 4) is 0 Å². The summed E-state index contributed by atoms with van der Waals surface area (Å²) in [4.78, 5) is 23.9. The summed E-state index contributed by atoms with van der Waals surface area (Å²) in [5.41, 5.74) is 2.00. The predicted octanol–water partition coefficient (Wildman–Crippen LogP) is 4.43. The normalized spacial score (nSPS) is 17.1. The van der Waals surface area contributed by atoms with Crippen molar-refractivity contribution in [2.75, 3.05) is 7.05 Å². The van der Waals surface area contributed by atoms with Crippen LogP contribution in [-0.4, -0.2) is 44.8 Å². The van der Waals surface area contributed by atoms with Gasteiger partial charge in [0.2, 0.25) is 15.9 Å². The molecule has 34 heavy (non-hydrogen) atoms. The molecular formula is C22H21ClF4N2O4S. The third-order valence-electron chi connectivity index (χ3n) is 5.72. The van der Waals surface area contributed by atoms with Crippen molar-refractivity contribution in [1.82, 2.24) is 9.62 Å². The molecular weight excluding hydrogens is 500 g/mol. The number of halogens is 5. The number of amides is 1. The van der Waals surface area contributed by atoms with Crippen LogP contribution in [0.15, 0.2) is 41.3 Å². The maximum Gasteiger partial charge on any atom is 0.405 e. The average Bonchev–Trinajstić information content (AvgIpc) is 2.78. The van der Waals surface area contributed by atoms with E-state index in [1.54, 1.807) is 18.2 Å². The van der Waals surface area contributed by atoms with E-state index in [9.17, 15) is 35.6 Å². The third kappa shape index (κ3) is 5.59. The summed E-state index contributed by atoms with van der Waals surface area (Å²) in [6.07, 6.45) is -3.86. The number of sulfonamides is 1. The Kier molecular flexibility index (Phi) is 7.69. The summed E-state index contributed by atoms with van der Waals surface area (Å²) >= 11 is 5.55. The molecule has 0 bridgehead atoms. The van der Waals surface area contributed by atoms with Crippen LogP contribution in [0, 0.1) is 5.82 Å². The number of hydrogen-bond donors (Lipinski definition) is 1. The van der Waals surface area contributed by atoms with E-state index in [1.165, 1.54) is 11.8 Å². The van der Waals surface area contributed by atoms with Gasteiger partial charge in [-0.25, -0.2) is 12.8 Å². The predicted molar refractivity (Wildman–Crippen MR) is 116 cm³/mol. The molecule has 0 aliphatic heterocycles. The number of carbonyl (C=O) groups excluding carboxylic acids is 2. The van der Waals surface area contributed by atoms with Gasteiger partial charge in [0, 0.05) is 12.6 Å². The SMILES string of the molecule is CN(C(=O)CC(NS(=O)(=O)c1cccc(Cl)c1F)C(F)(F)F)C1CCCc2cc(C=O)ccc21. The Bertz CT molecular complexity index is 1200. The lowest BCUT2D eigenvalue weighted by Gasteiger charge is -2.34. The standard InChI is InChI=1S/C22H21ClF4N2O4S/c1-29(17-6-2-4-14-10-13(12-30)8-9-15(14)17)20(31)11-19(22(25,26)27)28-34(32,33)18-7-3-5-16(23)21(18)24/h3,5,7-10,12,17,19,28H,2,4,6,11H2,1H3. The molecule has 0 aromatic heterocycles. The van der Waals surface area contributed by atoms with Gasteiger partial charge in [0.05, 0.1) is 17.5 Å². The summed E-state index contributed by atoms with van der Waals surface area (Å²) in [6.45, 7) is 0. The zero-order valence-electron chi connectivity index (χ0n) is 17.9. The fourth-order valence-electron chi connectivity index (χ4n) is 3.94. The molecule has 2 aromatic rings. The number of alkyl halides is 3. The number of carbonyl (C=O) groups is 2. The highest BCUT2D eigenvalue weighted by molar-refractivity contribution is 7.89. The fourth-order valence-corrected chi connectivity index (χ4v) is 5.50. The van der Waals surface area contributed by atoms with E-state index in [4.69, 9.17) is 11.6 Å². The van der Waals surface area contributed by atoms with Gasteiger partial charge in [0.15, 0.2) is 5.82 Å². The minimum atomic E-state index is -5.12. The third-order valence-corrected chi connectivity index (χ3v) is 7.50. The van der Waals surface area contributed by atoms with E-state index in [1.807, 2.05) is 0 Å². The molecule has 1 aliphatic rings. The average molecular weight is 521 g/mol. The van der Waals surface area contributed by atoms with E-state index in [0.717, 1.165) is 34.2 Å².